The summed E-state index contributed by atoms with van der Waals surface area (Å²) in [7, 11) is 1.62. The molecule has 0 atom stereocenters. The van der Waals surface area contributed by atoms with Gasteiger partial charge in [-0.3, -0.25) is 0 Å². The lowest BCUT2D eigenvalue weighted by molar-refractivity contribution is 0.277. The highest BCUT2D eigenvalue weighted by Crippen LogP contribution is 2.32. The Kier molecular flexibility index (Phi) is 3.89. The molecule has 5 nitrogen and oxygen atoms in total. The molecule has 112 valence electrons. The molecule has 0 aliphatic carbocycles. The van der Waals surface area contributed by atoms with Crippen molar-refractivity contribution in [2.75, 3.05) is 7.11 Å². The molecule has 2 aromatic carbocycles. The van der Waals surface area contributed by atoms with Gasteiger partial charge in [0, 0.05) is 5.56 Å². The first-order valence-corrected chi connectivity index (χ1v) is 7.00. The summed E-state index contributed by atoms with van der Waals surface area (Å²) in [6, 6.07) is 15.6. The van der Waals surface area contributed by atoms with E-state index < -0.39 is 0 Å². The highest BCUT2D eigenvalue weighted by Gasteiger charge is 2.18. The standard InChI is InChI=1S/C17H17N3O2/c1-12-6-5-7-13(10-12)20-17(15(11-21)18-19-20)14-8-3-4-9-16(14)22-2/h3-10,21H,11H2,1-2H3. The van der Waals surface area contributed by atoms with Crippen molar-refractivity contribution in [2.45, 2.75) is 13.5 Å². The second kappa shape index (κ2) is 5.99. The molecule has 0 radical (unpaired) electrons. The molecule has 0 amide bonds. The molecule has 5 heteroatoms. The molecule has 0 fully saturated rings. The number of para-hydroxylation sites is 1. The van der Waals surface area contributed by atoms with Crippen LogP contribution in [0.3, 0.4) is 0 Å². The lowest BCUT2D eigenvalue weighted by atomic mass is 10.1. The van der Waals surface area contributed by atoms with Gasteiger partial charge in [0.2, 0.25) is 0 Å². The minimum Gasteiger partial charge on any atom is -0.496 e. The third kappa shape index (κ3) is 2.46. The predicted molar refractivity (Wildman–Crippen MR) is 84.0 cm³/mol. The van der Waals surface area contributed by atoms with E-state index in [1.807, 2.05) is 55.5 Å². The number of ether oxygens (including phenoxy) is 1. The minimum absolute atomic E-state index is 0.181. The maximum Gasteiger partial charge on any atom is 0.128 e. The Bertz CT molecular complexity index is 796. The van der Waals surface area contributed by atoms with E-state index >= 15 is 0 Å². The molecule has 0 aliphatic rings. The second-order valence-corrected chi connectivity index (χ2v) is 4.99. The smallest absolute Gasteiger partial charge is 0.128 e. The van der Waals surface area contributed by atoms with E-state index in [0.29, 0.717) is 11.4 Å². The van der Waals surface area contributed by atoms with Crippen LogP contribution in [0.5, 0.6) is 5.75 Å². The van der Waals surface area contributed by atoms with Crippen molar-refractivity contribution in [2.24, 2.45) is 0 Å². The summed E-state index contributed by atoms with van der Waals surface area (Å²) in [5, 5.41) is 17.9. The van der Waals surface area contributed by atoms with E-state index in [4.69, 9.17) is 4.74 Å². The first kappa shape index (κ1) is 14.3. The molecule has 0 spiro atoms. The number of methoxy groups -OCH3 is 1. The maximum atomic E-state index is 9.60. The number of aromatic nitrogens is 3. The Balaban J connectivity index is 2.24. The number of aliphatic hydroxyl groups excluding tert-OH is 1. The van der Waals surface area contributed by atoms with Crippen LogP contribution in [0.4, 0.5) is 0 Å². The van der Waals surface area contributed by atoms with Gasteiger partial charge in [-0.25, -0.2) is 4.68 Å². The average molecular weight is 295 g/mol. The maximum absolute atomic E-state index is 9.60. The zero-order valence-corrected chi connectivity index (χ0v) is 12.5. The molecule has 1 aromatic heterocycles. The van der Waals surface area contributed by atoms with Crippen LogP contribution < -0.4 is 4.74 Å². The summed E-state index contributed by atoms with van der Waals surface area (Å²) in [6.07, 6.45) is 0. The van der Waals surface area contributed by atoms with Crippen LogP contribution in [0.25, 0.3) is 16.9 Å². The molecule has 0 bridgehead atoms. The quantitative estimate of drug-likeness (QED) is 0.804. The summed E-state index contributed by atoms with van der Waals surface area (Å²) in [4.78, 5) is 0. The van der Waals surface area contributed by atoms with E-state index in [9.17, 15) is 5.11 Å². The van der Waals surface area contributed by atoms with Gasteiger partial charge in [0.15, 0.2) is 0 Å². The highest BCUT2D eigenvalue weighted by molar-refractivity contribution is 5.70. The number of rotatable bonds is 4. The fourth-order valence-electron chi connectivity index (χ4n) is 2.47. The molecule has 22 heavy (non-hydrogen) atoms. The fraction of sp³-hybridized carbons (Fsp3) is 0.176. The fourth-order valence-corrected chi connectivity index (χ4v) is 2.47. The van der Waals surface area contributed by atoms with Crippen LogP contribution in [0, 0.1) is 6.92 Å². The summed E-state index contributed by atoms with van der Waals surface area (Å²) in [5.74, 6) is 0.716. The monoisotopic (exact) mass is 295 g/mol. The largest absolute Gasteiger partial charge is 0.496 e. The lowest BCUT2D eigenvalue weighted by Gasteiger charge is -2.11. The van der Waals surface area contributed by atoms with Gasteiger partial charge >= 0.3 is 0 Å². The van der Waals surface area contributed by atoms with Crippen LogP contribution >= 0.6 is 0 Å². The number of aryl methyl sites for hydroxylation is 1. The second-order valence-electron chi connectivity index (χ2n) is 4.99. The van der Waals surface area contributed by atoms with Crippen molar-refractivity contribution in [3.63, 3.8) is 0 Å². The molecular formula is C17H17N3O2. The topological polar surface area (TPSA) is 60.2 Å². The van der Waals surface area contributed by atoms with E-state index in [-0.39, 0.29) is 6.61 Å². The number of benzene rings is 2. The van der Waals surface area contributed by atoms with E-state index in [0.717, 1.165) is 22.5 Å². The molecule has 0 aliphatic heterocycles. The third-order valence-corrected chi connectivity index (χ3v) is 3.50. The van der Waals surface area contributed by atoms with E-state index in [2.05, 4.69) is 10.3 Å². The molecule has 1 heterocycles. The summed E-state index contributed by atoms with van der Waals surface area (Å²) < 4.78 is 7.17. The zero-order valence-electron chi connectivity index (χ0n) is 12.5. The van der Waals surface area contributed by atoms with Crippen molar-refractivity contribution >= 4 is 0 Å². The van der Waals surface area contributed by atoms with Crippen molar-refractivity contribution in [1.82, 2.24) is 15.0 Å². The van der Waals surface area contributed by atoms with E-state index in [1.165, 1.54) is 0 Å². The highest BCUT2D eigenvalue weighted by atomic mass is 16.5. The van der Waals surface area contributed by atoms with Crippen molar-refractivity contribution < 1.29 is 9.84 Å². The van der Waals surface area contributed by atoms with Crippen LogP contribution in [-0.4, -0.2) is 27.2 Å². The summed E-state index contributed by atoms with van der Waals surface area (Å²) in [5.41, 5.74) is 4.13. The Morgan fingerprint density at radius 2 is 1.95 bits per heavy atom. The number of nitrogens with zero attached hydrogens (tertiary/aromatic N) is 3. The van der Waals surface area contributed by atoms with Gasteiger partial charge in [0.05, 0.1) is 19.4 Å². The van der Waals surface area contributed by atoms with Crippen molar-refractivity contribution in [1.29, 1.82) is 0 Å². The summed E-state index contributed by atoms with van der Waals surface area (Å²) >= 11 is 0. The Labute approximate surface area is 128 Å². The Morgan fingerprint density at radius 1 is 1.14 bits per heavy atom. The van der Waals surface area contributed by atoms with Gasteiger partial charge in [0.25, 0.3) is 0 Å². The van der Waals surface area contributed by atoms with Crippen LogP contribution in [-0.2, 0) is 6.61 Å². The molecule has 0 unspecified atom stereocenters. The number of hydrogen-bond donors (Lipinski definition) is 1. The minimum atomic E-state index is -0.181. The molecular weight excluding hydrogens is 278 g/mol. The van der Waals surface area contributed by atoms with Crippen molar-refractivity contribution in [3.05, 3.63) is 59.8 Å². The Morgan fingerprint density at radius 3 is 2.68 bits per heavy atom. The molecule has 0 saturated carbocycles. The predicted octanol–water partition coefficient (Wildman–Crippen LogP) is 2.74. The van der Waals surface area contributed by atoms with Crippen molar-refractivity contribution in [3.8, 4) is 22.7 Å². The SMILES string of the molecule is COc1ccccc1-c1c(CO)nnn1-c1cccc(C)c1. The van der Waals surface area contributed by atoms with Gasteiger partial charge in [0.1, 0.15) is 17.1 Å². The normalized spacial score (nSPS) is 10.7. The molecule has 0 saturated heterocycles. The summed E-state index contributed by atoms with van der Waals surface area (Å²) in [6.45, 7) is 1.84. The molecule has 3 aromatic rings. The van der Waals surface area contributed by atoms with Gasteiger partial charge in [-0.2, -0.15) is 0 Å². The van der Waals surface area contributed by atoms with Gasteiger partial charge in [-0.15, -0.1) is 5.10 Å². The number of aliphatic hydroxyl groups is 1. The van der Waals surface area contributed by atoms with Crippen LogP contribution in [0.15, 0.2) is 48.5 Å². The first-order valence-electron chi connectivity index (χ1n) is 7.00. The first-order chi connectivity index (χ1) is 10.7. The molecule has 1 N–H and O–H groups in total. The number of hydrogen-bond acceptors (Lipinski definition) is 4. The zero-order chi connectivity index (χ0) is 15.5. The Hall–Kier alpha value is -2.66. The van der Waals surface area contributed by atoms with Crippen LogP contribution in [0.2, 0.25) is 0 Å². The molecule has 3 rings (SSSR count). The lowest BCUT2D eigenvalue weighted by Crippen LogP contribution is -2.01. The van der Waals surface area contributed by atoms with Crippen LogP contribution in [0.1, 0.15) is 11.3 Å². The van der Waals surface area contributed by atoms with E-state index in [1.54, 1.807) is 11.8 Å². The van der Waals surface area contributed by atoms with Gasteiger partial charge in [-0.1, -0.05) is 29.5 Å². The average Bonchev–Trinajstić information content (AvgIpc) is 2.98. The van der Waals surface area contributed by atoms with Gasteiger partial charge in [-0.05, 0) is 36.8 Å². The third-order valence-electron chi connectivity index (χ3n) is 3.50. The van der Waals surface area contributed by atoms with Gasteiger partial charge < -0.3 is 9.84 Å².